The molecule has 2 aliphatic carbocycles. The molecule has 0 spiro atoms. The molecule has 1 heteroatoms. The van der Waals surface area contributed by atoms with E-state index in [2.05, 4.69) is 43.0 Å². The number of halogens is 1. The fraction of sp³-hybridized carbons (Fsp3) is 0.846. The molecule has 0 heterocycles. The molecule has 0 bridgehead atoms. The molecule has 0 nitrogen and oxygen atoms in total. The molecule has 0 aromatic carbocycles. The van der Waals surface area contributed by atoms with Crippen LogP contribution in [0.5, 0.6) is 0 Å². The highest BCUT2D eigenvalue weighted by Crippen LogP contribution is 2.57. The Hall–Kier alpha value is 0.470. The number of alkyl halides is 1. The molecule has 0 N–H and O–H groups in total. The van der Waals surface area contributed by atoms with Crippen molar-refractivity contribution in [3.05, 3.63) is 12.2 Å². The van der Waals surface area contributed by atoms with E-state index in [1.54, 1.807) is 5.57 Å². The lowest BCUT2D eigenvalue weighted by molar-refractivity contribution is -0.00123. The van der Waals surface area contributed by atoms with Gasteiger partial charge in [0.2, 0.25) is 0 Å². The van der Waals surface area contributed by atoms with Crippen molar-refractivity contribution < 1.29 is 0 Å². The maximum atomic E-state index is 4.30. The Kier molecular flexibility index (Phi) is 2.98. The summed E-state index contributed by atoms with van der Waals surface area (Å²) in [5, 5.41) is 0. The first-order valence-corrected chi connectivity index (χ1v) is 7.07. The summed E-state index contributed by atoms with van der Waals surface area (Å²) in [6.07, 6.45) is 6.90. The quantitative estimate of drug-likeness (QED) is 0.349. The van der Waals surface area contributed by atoms with Gasteiger partial charge < -0.3 is 0 Å². The highest BCUT2D eigenvalue weighted by molar-refractivity contribution is 14.1. The van der Waals surface area contributed by atoms with Gasteiger partial charge in [-0.1, -0.05) is 48.6 Å². The van der Waals surface area contributed by atoms with Crippen molar-refractivity contribution in [1.82, 2.24) is 0 Å². The molecule has 0 aromatic heterocycles. The van der Waals surface area contributed by atoms with E-state index in [1.165, 1.54) is 32.1 Å². The Morgan fingerprint density at radius 1 is 1.29 bits per heavy atom. The molecule has 2 aliphatic rings. The third-order valence-corrected chi connectivity index (χ3v) is 5.58. The van der Waals surface area contributed by atoms with Gasteiger partial charge in [-0.25, -0.2) is 0 Å². The summed E-state index contributed by atoms with van der Waals surface area (Å²) in [5.74, 6) is 1.81. The first-order valence-electron chi connectivity index (χ1n) is 5.82. The number of hydrogen-bond donors (Lipinski definition) is 0. The first kappa shape index (κ1) is 11.0. The molecular formula is C13H21I. The SMILES string of the molecule is C=C1CC[C@@H](I)CC[C@@H]2[C@@H]1CC2(C)C. The van der Waals surface area contributed by atoms with Crippen LogP contribution in [-0.2, 0) is 0 Å². The number of fused-ring (bicyclic) bond motifs is 1. The van der Waals surface area contributed by atoms with Crippen LogP contribution in [0, 0.1) is 17.3 Å². The van der Waals surface area contributed by atoms with Gasteiger partial charge in [0.25, 0.3) is 0 Å². The average Bonchev–Trinajstić information content (AvgIpc) is 2.09. The number of allylic oxidation sites excluding steroid dienone is 1. The first-order chi connectivity index (χ1) is 6.50. The average molecular weight is 304 g/mol. The van der Waals surface area contributed by atoms with Crippen molar-refractivity contribution in [2.24, 2.45) is 17.3 Å². The molecule has 3 atom stereocenters. The van der Waals surface area contributed by atoms with E-state index in [1.807, 2.05) is 0 Å². The summed E-state index contributed by atoms with van der Waals surface area (Å²) in [5.41, 5.74) is 2.15. The van der Waals surface area contributed by atoms with Gasteiger partial charge in [0.1, 0.15) is 0 Å². The molecule has 14 heavy (non-hydrogen) atoms. The van der Waals surface area contributed by atoms with E-state index in [9.17, 15) is 0 Å². The Morgan fingerprint density at radius 3 is 2.64 bits per heavy atom. The second-order valence-electron chi connectivity index (χ2n) is 5.78. The van der Waals surface area contributed by atoms with E-state index < -0.39 is 0 Å². The zero-order valence-electron chi connectivity index (χ0n) is 9.35. The van der Waals surface area contributed by atoms with Gasteiger partial charge >= 0.3 is 0 Å². The van der Waals surface area contributed by atoms with Crippen molar-refractivity contribution in [1.29, 1.82) is 0 Å². The van der Waals surface area contributed by atoms with Crippen LogP contribution < -0.4 is 0 Å². The highest BCUT2D eigenvalue weighted by atomic mass is 127. The minimum absolute atomic E-state index is 0.599. The second-order valence-corrected chi connectivity index (χ2v) is 7.54. The summed E-state index contributed by atoms with van der Waals surface area (Å²) in [6, 6.07) is 0. The van der Waals surface area contributed by atoms with Crippen LogP contribution in [0.2, 0.25) is 0 Å². The summed E-state index contributed by atoms with van der Waals surface area (Å²) >= 11 is 2.62. The minimum Gasteiger partial charge on any atom is -0.0996 e. The molecule has 0 aliphatic heterocycles. The summed E-state index contributed by atoms with van der Waals surface area (Å²) in [6.45, 7) is 9.17. The molecule has 2 saturated carbocycles. The van der Waals surface area contributed by atoms with E-state index in [4.69, 9.17) is 0 Å². The Labute approximate surface area is 102 Å². The molecule has 0 aromatic rings. The Balaban J connectivity index is 2.07. The zero-order valence-corrected chi connectivity index (χ0v) is 11.5. The van der Waals surface area contributed by atoms with Crippen LogP contribution in [0.1, 0.15) is 46.0 Å². The minimum atomic E-state index is 0.599. The van der Waals surface area contributed by atoms with E-state index >= 15 is 0 Å². The molecule has 2 fully saturated rings. The summed E-state index contributed by atoms with van der Waals surface area (Å²) in [4.78, 5) is 0. The summed E-state index contributed by atoms with van der Waals surface area (Å²) in [7, 11) is 0. The fourth-order valence-corrected chi connectivity index (χ4v) is 3.97. The predicted octanol–water partition coefficient (Wildman–Crippen LogP) is 4.58. The molecule has 0 amide bonds. The smallest absolute Gasteiger partial charge is 0.0113 e. The van der Waals surface area contributed by atoms with Crippen LogP contribution >= 0.6 is 22.6 Å². The van der Waals surface area contributed by atoms with Crippen molar-refractivity contribution in [2.75, 3.05) is 0 Å². The molecular weight excluding hydrogens is 283 g/mol. The van der Waals surface area contributed by atoms with Gasteiger partial charge in [-0.05, 0) is 49.4 Å². The van der Waals surface area contributed by atoms with Gasteiger partial charge in [-0.3, -0.25) is 0 Å². The lowest BCUT2D eigenvalue weighted by atomic mass is 9.51. The van der Waals surface area contributed by atoms with Gasteiger partial charge in [0, 0.05) is 3.92 Å². The van der Waals surface area contributed by atoms with Gasteiger partial charge in [-0.15, -0.1) is 0 Å². The van der Waals surface area contributed by atoms with Crippen LogP contribution in [0.3, 0.4) is 0 Å². The van der Waals surface area contributed by atoms with E-state index in [0.29, 0.717) is 5.41 Å². The van der Waals surface area contributed by atoms with Gasteiger partial charge in [0.05, 0.1) is 0 Å². The van der Waals surface area contributed by atoms with E-state index in [-0.39, 0.29) is 0 Å². The highest BCUT2D eigenvalue weighted by Gasteiger charge is 2.47. The monoisotopic (exact) mass is 304 g/mol. The van der Waals surface area contributed by atoms with Crippen LogP contribution in [-0.4, -0.2) is 3.92 Å². The van der Waals surface area contributed by atoms with Crippen LogP contribution in [0.25, 0.3) is 0 Å². The number of hydrogen-bond acceptors (Lipinski definition) is 0. The maximum absolute atomic E-state index is 4.30. The number of rotatable bonds is 0. The lowest BCUT2D eigenvalue weighted by Crippen LogP contribution is -2.45. The third-order valence-electron chi connectivity index (χ3n) is 4.33. The van der Waals surface area contributed by atoms with E-state index in [0.717, 1.165) is 15.8 Å². The standard InChI is InChI=1S/C13H21I/c1-9-4-5-10(14)6-7-12-11(9)8-13(12,2)3/h10-12H,1,4-8H2,2-3H3/t10-,11-,12-/m1/s1. The summed E-state index contributed by atoms with van der Waals surface area (Å²) < 4.78 is 0.890. The van der Waals surface area contributed by atoms with Gasteiger partial charge in [0.15, 0.2) is 0 Å². The molecule has 2 rings (SSSR count). The van der Waals surface area contributed by atoms with Crippen molar-refractivity contribution in [3.63, 3.8) is 0 Å². The maximum Gasteiger partial charge on any atom is 0.0113 e. The molecule has 0 saturated heterocycles. The molecule has 80 valence electrons. The topological polar surface area (TPSA) is 0 Å². The fourth-order valence-electron chi connectivity index (χ4n) is 3.30. The zero-order chi connectivity index (χ0) is 10.3. The molecule has 0 unspecified atom stereocenters. The van der Waals surface area contributed by atoms with Crippen molar-refractivity contribution >= 4 is 22.6 Å². The second kappa shape index (κ2) is 3.80. The van der Waals surface area contributed by atoms with Crippen LogP contribution in [0.15, 0.2) is 12.2 Å². The van der Waals surface area contributed by atoms with Crippen molar-refractivity contribution in [3.8, 4) is 0 Å². The largest absolute Gasteiger partial charge is 0.0996 e. The third kappa shape index (κ3) is 1.89. The van der Waals surface area contributed by atoms with Gasteiger partial charge in [-0.2, -0.15) is 0 Å². The Bertz CT molecular complexity index is 242. The Morgan fingerprint density at radius 2 is 2.00 bits per heavy atom. The van der Waals surface area contributed by atoms with Crippen LogP contribution in [0.4, 0.5) is 0 Å². The normalized spacial score (nSPS) is 41.9. The predicted molar refractivity (Wildman–Crippen MR) is 70.8 cm³/mol. The lowest BCUT2D eigenvalue weighted by Gasteiger charge is -2.54. The van der Waals surface area contributed by atoms with Crippen molar-refractivity contribution in [2.45, 2.75) is 49.9 Å². The molecule has 0 radical (unpaired) electrons.